The van der Waals surface area contributed by atoms with Crippen molar-refractivity contribution in [2.24, 2.45) is 11.8 Å². The Balaban J connectivity index is 1.41. The quantitative estimate of drug-likeness (QED) is 0.846. The number of hydrogen-bond acceptors (Lipinski definition) is 5. The van der Waals surface area contributed by atoms with Crippen molar-refractivity contribution >= 4 is 0 Å². The molecular formula is C19H23FN4O2. The van der Waals surface area contributed by atoms with E-state index in [1.165, 1.54) is 6.07 Å². The fourth-order valence-electron chi connectivity index (χ4n) is 5.07. The molecule has 2 N–H and O–H groups in total. The number of aliphatic hydroxyl groups excluding tert-OH is 1. The Morgan fingerprint density at radius 1 is 1.42 bits per heavy atom. The number of hydrogen-bond donors (Lipinski definition) is 2. The van der Waals surface area contributed by atoms with Crippen LogP contribution in [0.4, 0.5) is 4.39 Å². The molecule has 1 aromatic heterocycles. The second-order valence-electron chi connectivity index (χ2n) is 7.70. The number of ether oxygens (including phenoxy) is 1. The lowest BCUT2D eigenvalue weighted by Crippen LogP contribution is -2.52. The average Bonchev–Trinajstić information content (AvgIpc) is 3.29. The lowest BCUT2D eigenvalue weighted by molar-refractivity contribution is -0.0746. The van der Waals surface area contributed by atoms with E-state index in [4.69, 9.17) is 4.74 Å². The molecule has 0 radical (unpaired) electrons. The van der Waals surface area contributed by atoms with Crippen LogP contribution in [0, 0.1) is 17.7 Å². The van der Waals surface area contributed by atoms with Gasteiger partial charge in [-0.05, 0) is 29.8 Å². The van der Waals surface area contributed by atoms with Crippen molar-refractivity contribution in [1.82, 2.24) is 20.0 Å². The first kappa shape index (κ1) is 16.4. The number of likely N-dealkylation sites (tertiary alicyclic amines) is 1. The Labute approximate surface area is 151 Å². The van der Waals surface area contributed by atoms with Gasteiger partial charge in [0.1, 0.15) is 5.82 Å². The molecule has 26 heavy (non-hydrogen) atoms. The van der Waals surface area contributed by atoms with Crippen molar-refractivity contribution in [3.05, 3.63) is 48.0 Å². The number of halogens is 1. The van der Waals surface area contributed by atoms with E-state index >= 15 is 0 Å². The Hall–Kier alpha value is -1.80. The number of aliphatic hydroxyl groups is 1. The summed E-state index contributed by atoms with van der Waals surface area (Å²) >= 11 is 0. The molecule has 1 aromatic carbocycles. The van der Waals surface area contributed by atoms with Crippen molar-refractivity contribution < 1.29 is 14.2 Å². The predicted molar refractivity (Wildman–Crippen MR) is 93.3 cm³/mol. The average molecular weight is 358 g/mol. The zero-order valence-corrected chi connectivity index (χ0v) is 14.5. The Morgan fingerprint density at radius 3 is 3.15 bits per heavy atom. The summed E-state index contributed by atoms with van der Waals surface area (Å²) in [5.41, 5.74) is 1.58. The number of aromatic nitrogens is 2. The van der Waals surface area contributed by atoms with Gasteiger partial charge in [-0.3, -0.25) is 4.90 Å². The molecule has 6 nitrogen and oxygen atoms in total. The molecule has 4 atom stereocenters. The Kier molecular flexibility index (Phi) is 3.86. The van der Waals surface area contributed by atoms with Gasteiger partial charge in [0.25, 0.3) is 0 Å². The van der Waals surface area contributed by atoms with Gasteiger partial charge >= 0.3 is 0 Å². The molecule has 3 saturated heterocycles. The molecule has 3 aliphatic rings. The van der Waals surface area contributed by atoms with E-state index in [-0.39, 0.29) is 30.0 Å². The van der Waals surface area contributed by atoms with Gasteiger partial charge in [0, 0.05) is 63.6 Å². The van der Waals surface area contributed by atoms with Gasteiger partial charge in [0.05, 0.1) is 17.4 Å². The molecule has 0 aliphatic carbocycles. The van der Waals surface area contributed by atoms with Crippen LogP contribution in [0.25, 0.3) is 5.69 Å². The molecule has 138 valence electrons. The predicted octanol–water partition coefficient (Wildman–Crippen LogP) is 0.792. The van der Waals surface area contributed by atoms with E-state index in [1.807, 2.05) is 12.3 Å². The summed E-state index contributed by atoms with van der Waals surface area (Å²) in [5, 5.41) is 17.6. The number of benzene rings is 1. The van der Waals surface area contributed by atoms with Gasteiger partial charge < -0.3 is 15.2 Å². The fourth-order valence-corrected chi connectivity index (χ4v) is 5.07. The number of fused-ring (bicyclic) bond motifs is 1. The van der Waals surface area contributed by atoms with Crippen molar-refractivity contribution in [1.29, 1.82) is 0 Å². The minimum absolute atomic E-state index is 0.106. The highest BCUT2D eigenvalue weighted by atomic mass is 19.1. The third-order valence-electron chi connectivity index (χ3n) is 6.17. The van der Waals surface area contributed by atoms with Crippen LogP contribution in [0.1, 0.15) is 5.56 Å². The molecule has 4 heterocycles. The maximum Gasteiger partial charge on any atom is 0.123 e. The molecular weight excluding hydrogens is 335 g/mol. The number of nitrogens with zero attached hydrogens (tertiary/aromatic N) is 3. The van der Waals surface area contributed by atoms with Gasteiger partial charge in [0.15, 0.2) is 0 Å². The van der Waals surface area contributed by atoms with Crippen molar-refractivity contribution in [3.63, 3.8) is 0 Å². The highest BCUT2D eigenvalue weighted by Gasteiger charge is 2.60. The lowest BCUT2D eigenvalue weighted by Gasteiger charge is -2.34. The lowest BCUT2D eigenvalue weighted by atomic mass is 9.83. The van der Waals surface area contributed by atoms with E-state index in [0.717, 1.165) is 37.4 Å². The van der Waals surface area contributed by atoms with Crippen LogP contribution in [-0.2, 0) is 11.3 Å². The Bertz CT molecular complexity index is 799. The van der Waals surface area contributed by atoms with Crippen LogP contribution in [-0.4, -0.2) is 64.3 Å². The van der Waals surface area contributed by atoms with Crippen LogP contribution in [0.2, 0.25) is 0 Å². The monoisotopic (exact) mass is 358 g/mol. The third-order valence-corrected chi connectivity index (χ3v) is 6.17. The van der Waals surface area contributed by atoms with E-state index in [9.17, 15) is 9.50 Å². The van der Waals surface area contributed by atoms with Gasteiger partial charge in [-0.1, -0.05) is 0 Å². The second-order valence-corrected chi connectivity index (χ2v) is 7.70. The van der Waals surface area contributed by atoms with Crippen LogP contribution >= 0.6 is 0 Å². The summed E-state index contributed by atoms with van der Waals surface area (Å²) in [6.07, 6.45) is 3.70. The van der Waals surface area contributed by atoms with Gasteiger partial charge in [-0.15, -0.1) is 0 Å². The summed E-state index contributed by atoms with van der Waals surface area (Å²) in [4.78, 5) is 2.32. The van der Waals surface area contributed by atoms with Crippen molar-refractivity contribution in [2.75, 3.05) is 32.8 Å². The topological polar surface area (TPSA) is 62.5 Å². The molecule has 3 aliphatic heterocycles. The van der Waals surface area contributed by atoms with Crippen LogP contribution in [0.5, 0.6) is 0 Å². The maximum atomic E-state index is 13.9. The number of rotatable bonds is 4. The molecule has 0 saturated carbocycles. The van der Waals surface area contributed by atoms with Crippen LogP contribution < -0.4 is 5.32 Å². The molecule has 2 bridgehead atoms. The summed E-state index contributed by atoms with van der Waals surface area (Å²) in [7, 11) is 0. The summed E-state index contributed by atoms with van der Waals surface area (Å²) in [6, 6.07) is 6.70. The van der Waals surface area contributed by atoms with Crippen molar-refractivity contribution in [3.8, 4) is 5.69 Å². The smallest absolute Gasteiger partial charge is 0.123 e. The van der Waals surface area contributed by atoms with Gasteiger partial charge in [-0.25, -0.2) is 9.07 Å². The third kappa shape index (κ3) is 2.50. The highest BCUT2D eigenvalue weighted by Crippen LogP contribution is 2.47. The van der Waals surface area contributed by atoms with Crippen LogP contribution in [0.3, 0.4) is 0 Å². The Morgan fingerprint density at radius 2 is 2.35 bits per heavy atom. The summed E-state index contributed by atoms with van der Waals surface area (Å²) in [6.45, 7) is 4.08. The molecule has 0 unspecified atom stereocenters. The first-order valence-electron chi connectivity index (χ1n) is 9.19. The summed E-state index contributed by atoms with van der Waals surface area (Å²) in [5.74, 6) is 0.250. The first-order valence-corrected chi connectivity index (χ1v) is 9.19. The molecule has 0 amide bonds. The number of nitrogens with one attached hydrogen (secondary N) is 1. The zero-order chi connectivity index (χ0) is 17.7. The fraction of sp³-hybridized carbons (Fsp3) is 0.526. The molecule has 7 heteroatoms. The van der Waals surface area contributed by atoms with Crippen LogP contribution in [0.15, 0.2) is 36.7 Å². The maximum absolute atomic E-state index is 13.9. The zero-order valence-electron chi connectivity index (χ0n) is 14.5. The van der Waals surface area contributed by atoms with E-state index in [0.29, 0.717) is 12.5 Å². The second kappa shape index (κ2) is 6.13. The SMILES string of the molecule is OC[C@H]1[C@H]2CN(Cc3cc(F)ccc3-n3cccn3)C[C@]23CNC[C@H]1O3. The molecule has 5 rings (SSSR count). The van der Waals surface area contributed by atoms with Crippen molar-refractivity contribution in [2.45, 2.75) is 18.2 Å². The van der Waals surface area contributed by atoms with Gasteiger partial charge in [-0.2, -0.15) is 5.10 Å². The standard InChI is InChI=1S/C19H23FN4O2/c20-14-2-3-17(24-5-1-4-22-24)13(6-14)8-23-9-16-15(10-25)18-7-21-11-19(16,12-23)26-18/h1-6,15-16,18,21,25H,7-12H2/t15-,16+,18+,19+/m0/s1. The van der Waals surface area contributed by atoms with E-state index in [1.54, 1.807) is 23.0 Å². The first-order chi connectivity index (χ1) is 12.7. The van der Waals surface area contributed by atoms with E-state index in [2.05, 4.69) is 15.3 Å². The van der Waals surface area contributed by atoms with E-state index < -0.39 is 0 Å². The molecule has 3 fully saturated rings. The largest absolute Gasteiger partial charge is 0.396 e. The normalized spacial score (nSPS) is 33.5. The minimum Gasteiger partial charge on any atom is -0.396 e. The highest BCUT2D eigenvalue weighted by molar-refractivity contribution is 5.40. The number of morpholine rings is 1. The minimum atomic E-state index is -0.239. The van der Waals surface area contributed by atoms with Gasteiger partial charge in [0.2, 0.25) is 0 Å². The summed E-state index contributed by atoms with van der Waals surface area (Å²) < 4.78 is 22.0. The molecule has 2 aromatic rings. The molecule has 1 spiro atoms.